The monoisotopic (exact) mass is 336 g/mol. The molecule has 0 aliphatic heterocycles. The molecule has 0 saturated heterocycles. The SMILES string of the molecule is CCSC1CCCCC1NC(=O)NCc1ccc(C(=O)O)cc1. The molecule has 2 atom stereocenters. The molecule has 0 spiro atoms. The van der Waals surface area contributed by atoms with E-state index in [1.165, 1.54) is 19.3 Å². The maximum Gasteiger partial charge on any atom is 0.335 e. The quantitative estimate of drug-likeness (QED) is 0.745. The number of carboxylic acid groups (broad SMARTS) is 1. The van der Waals surface area contributed by atoms with E-state index < -0.39 is 5.97 Å². The van der Waals surface area contributed by atoms with Crippen molar-refractivity contribution in [3.8, 4) is 0 Å². The van der Waals surface area contributed by atoms with Gasteiger partial charge in [-0.1, -0.05) is 31.9 Å². The van der Waals surface area contributed by atoms with Crippen molar-refractivity contribution in [3.05, 3.63) is 35.4 Å². The molecule has 1 aromatic rings. The van der Waals surface area contributed by atoms with Crippen LogP contribution >= 0.6 is 11.8 Å². The van der Waals surface area contributed by atoms with Crippen LogP contribution < -0.4 is 10.6 Å². The number of amides is 2. The van der Waals surface area contributed by atoms with E-state index in [1.807, 2.05) is 11.8 Å². The lowest BCUT2D eigenvalue weighted by atomic mass is 9.95. The van der Waals surface area contributed by atoms with Crippen LogP contribution in [-0.2, 0) is 6.54 Å². The van der Waals surface area contributed by atoms with Crippen molar-refractivity contribution < 1.29 is 14.7 Å². The van der Waals surface area contributed by atoms with E-state index in [0.717, 1.165) is 17.7 Å². The van der Waals surface area contributed by atoms with E-state index in [2.05, 4.69) is 17.6 Å². The number of carboxylic acids is 1. The van der Waals surface area contributed by atoms with E-state index in [0.29, 0.717) is 11.8 Å². The average Bonchev–Trinajstić information content (AvgIpc) is 2.55. The molecule has 0 aromatic heterocycles. The predicted octanol–water partition coefficient (Wildman–Crippen LogP) is 3.25. The van der Waals surface area contributed by atoms with Gasteiger partial charge in [-0.15, -0.1) is 0 Å². The number of rotatable bonds is 6. The summed E-state index contributed by atoms with van der Waals surface area (Å²) in [5.41, 5.74) is 1.13. The van der Waals surface area contributed by atoms with Crippen molar-refractivity contribution >= 4 is 23.8 Å². The zero-order chi connectivity index (χ0) is 16.7. The normalized spacial score (nSPS) is 20.7. The van der Waals surface area contributed by atoms with Gasteiger partial charge >= 0.3 is 12.0 Å². The maximum atomic E-state index is 12.1. The number of aromatic carboxylic acids is 1. The molecule has 3 N–H and O–H groups in total. The Balaban J connectivity index is 1.80. The summed E-state index contributed by atoms with van der Waals surface area (Å²) in [4.78, 5) is 22.9. The molecule has 23 heavy (non-hydrogen) atoms. The molecule has 1 saturated carbocycles. The average molecular weight is 336 g/mol. The number of benzene rings is 1. The predicted molar refractivity (Wildman–Crippen MR) is 92.9 cm³/mol. The molecular formula is C17H24N2O3S. The topological polar surface area (TPSA) is 78.4 Å². The summed E-state index contributed by atoms with van der Waals surface area (Å²) in [5, 5.41) is 15.3. The van der Waals surface area contributed by atoms with Gasteiger partial charge in [-0.05, 0) is 36.3 Å². The van der Waals surface area contributed by atoms with Gasteiger partial charge < -0.3 is 15.7 Å². The second-order valence-corrected chi connectivity index (χ2v) is 7.23. The third-order valence-electron chi connectivity index (χ3n) is 4.05. The van der Waals surface area contributed by atoms with Gasteiger partial charge in [0.05, 0.1) is 5.56 Å². The van der Waals surface area contributed by atoms with Crippen molar-refractivity contribution in [2.24, 2.45) is 0 Å². The van der Waals surface area contributed by atoms with Gasteiger partial charge in [-0.25, -0.2) is 9.59 Å². The van der Waals surface area contributed by atoms with Crippen LogP contribution in [-0.4, -0.2) is 34.2 Å². The molecule has 2 amide bonds. The minimum atomic E-state index is -0.945. The molecule has 6 heteroatoms. The smallest absolute Gasteiger partial charge is 0.335 e. The third kappa shape index (κ3) is 5.46. The molecule has 1 aliphatic carbocycles. The Bertz CT molecular complexity index is 531. The summed E-state index contributed by atoms with van der Waals surface area (Å²) in [6, 6.07) is 6.63. The van der Waals surface area contributed by atoms with Gasteiger partial charge in [0.25, 0.3) is 0 Å². The van der Waals surface area contributed by atoms with E-state index >= 15 is 0 Å². The number of urea groups is 1. The lowest BCUT2D eigenvalue weighted by Crippen LogP contribution is -2.47. The molecule has 0 radical (unpaired) electrons. The lowest BCUT2D eigenvalue weighted by molar-refractivity contribution is 0.0697. The number of carbonyl (C=O) groups excluding carboxylic acids is 1. The van der Waals surface area contributed by atoms with Gasteiger partial charge in [0.1, 0.15) is 0 Å². The Morgan fingerprint density at radius 2 is 1.91 bits per heavy atom. The van der Waals surface area contributed by atoms with Crippen LogP contribution in [0.5, 0.6) is 0 Å². The molecule has 1 aromatic carbocycles. The Kier molecular flexibility index (Phi) is 6.77. The van der Waals surface area contributed by atoms with E-state index in [1.54, 1.807) is 24.3 Å². The van der Waals surface area contributed by atoms with Crippen molar-refractivity contribution in [1.82, 2.24) is 10.6 Å². The molecule has 5 nitrogen and oxygen atoms in total. The summed E-state index contributed by atoms with van der Waals surface area (Å²) < 4.78 is 0. The fourth-order valence-electron chi connectivity index (χ4n) is 2.84. The number of carbonyl (C=O) groups is 2. The first-order valence-electron chi connectivity index (χ1n) is 8.08. The number of nitrogens with one attached hydrogen (secondary N) is 2. The van der Waals surface area contributed by atoms with E-state index in [-0.39, 0.29) is 17.6 Å². The Labute approximate surface area is 141 Å². The van der Waals surface area contributed by atoms with Gasteiger partial charge in [0.15, 0.2) is 0 Å². The van der Waals surface area contributed by atoms with Gasteiger partial charge in [-0.2, -0.15) is 11.8 Å². The van der Waals surface area contributed by atoms with Crippen molar-refractivity contribution in [3.63, 3.8) is 0 Å². The van der Waals surface area contributed by atoms with E-state index in [4.69, 9.17) is 5.11 Å². The minimum Gasteiger partial charge on any atom is -0.478 e. The van der Waals surface area contributed by atoms with Crippen molar-refractivity contribution in [2.75, 3.05) is 5.75 Å². The Hall–Kier alpha value is -1.69. The summed E-state index contributed by atoms with van der Waals surface area (Å²) in [6.07, 6.45) is 4.62. The molecule has 2 unspecified atom stereocenters. The van der Waals surface area contributed by atoms with Crippen LogP contribution in [0.15, 0.2) is 24.3 Å². The fraction of sp³-hybridized carbons (Fsp3) is 0.529. The standard InChI is InChI=1S/C17H24N2O3S/c1-2-23-15-6-4-3-5-14(15)19-17(22)18-11-12-7-9-13(10-8-12)16(20)21/h7-10,14-15H,2-6,11H2,1H3,(H,20,21)(H2,18,19,22). The molecule has 0 bridgehead atoms. The highest BCUT2D eigenvalue weighted by Crippen LogP contribution is 2.28. The fourth-order valence-corrected chi connectivity index (χ4v) is 4.04. The second kappa shape index (κ2) is 8.82. The number of hydrogen-bond acceptors (Lipinski definition) is 3. The summed E-state index contributed by atoms with van der Waals surface area (Å²) in [6.45, 7) is 2.54. The minimum absolute atomic E-state index is 0.152. The van der Waals surface area contributed by atoms with Crippen LogP contribution in [0.3, 0.4) is 0 Å². The molecule has 1 fully saturated rings. The summed E-state index contributed by atoms with van der Waals surface area (Å²) in [7, 11) is 0. The molecule has 0 heterocycles. The van der Waals surface area contributed by atoms with Crippen LogP contribution in [0.2, 0.25) is 0 Å². The van der Waals surface area contributed by atoms with Gasteiger partial charge in [0.2, 0.25) is 0 Å². The first kappa shape index (κ1) is 17.7. The number of hydrogen-bond donors (Lipinski definition) is 3. The van der Waals surface area contributed by atoms with E-state index in [9.17, 15) is 9.59 Å². The van der Waals surface area contributed by atoms with Gasteiger partial charge in [0, 0.05) is 17.8 Å². The first-order valence-corrected chi connectivity index (χ1v) is 9.13. The van der Waals surface area contributed by atoms with Crippen molar-refractivity contribution in [1.29, 1.82) is 0 Å². The Morgan fingerprint density at radius 3 is 2.57 bits per heavy atom. The second-order valence-electron chi connectivity index (χ2n) is 5.71. The third-order valence-corrected chi connectivity index (χ3v) is 5.38. The highest BCUT2D eigenvalue weighted by atomic mass is 32.2. The molecule has 126 valence electrons. The highest BCUT2D eigenvalue weighted by molar-refractivity contribution is 7.99. The molecular weight excluding hydrogens is 312 g/mol. The zero-order valence-corrected chi connectivity index (χ0v) is 14.2. The van der Waals surface area contributed by atoms with Crippen molar-refractivity contribution in [2.45, 2.75) is 50.4 Å². The maximum absolute atomic E-state index is 12.1. The highest BCUT2D eigenvalue weighted by Gasteiger charge is 2.26. The van der Waals surface area contributed by atoms with Gasteiger partial charge in [-0.3, -0.25) is 0 Å². The zero-order valence-electron chi connectivity index (χ0n) is 13.4. The summed E-state index contributed by atoms with van der Waals surface area (Å²) in [5.74, 6) is 0.124. The molecule has 2 rings (SSSR count). The largest absolute Gasteiger partial charge is 0.478 e. The lowest BCUT2D eigenvalue weighted by Gasteiger charge is -2.31. The molecule has 1 aliphatic rings. The first-order chi connectivity index (χ1) is 11.1. The van der Waals surface area contributed by atoms with Crippen LogP contribution in [0.25, 0.3) is 0 Å². The summed E-state index contributed by atoms with van der Waals surface area (Å²) >= 11 is 1.92. The number of thioether (sulfide) groups is 1. The van der Waals surface area contributed by atoms with Crippen LogP contribution in [0, 0.1) is 0 Å². The van der Waals surface area contributed by atoms with Crippen LogP contribution in [0.4, 0.5) is 4.79 Å². The Morgan fingerprint density at radius 1 is 1.22 bits per heavy atom. The van der Waals surface area contributed by atoms with Crippen LogP contribution in [0.1, 0.15) is 48.5 Å².